The molecule has 7 unspecified atom stereocenters. The van der Waals surface area contributed by atoms with Gasteiger partial charge in [0.1, 0.15) is 43.2 Å². The summed E-state index contributed by atoms with van der Waals surface area (Å²) in [5.74, 6) is -1.27. The Kier molecular flexibility index (Phi) is 33.2. The zero-order valence-corrected chi connectivity index (χ0v) is 42.3. The molecule has 7 N–H and O–H groups in total. The SMILES string of the molecule is CCCCC/C=C\C/C=C\C/C=C\C/C=C\CCCCCC(=O)OC[C@H](COP(=O)(O)O[C@H]1C(O)C(O)C(O)[C@@H](OP(=O)(O)O)C1O)OC(=O)CCCCCCC/C=C\CC1OC1CCCCC. The summed E-state index contributed by atoms with van der Waals surface area (Å²) in [6.07, 6.45) is 29.1. The second kappa shape index (κ2) is 36.6. The smallest absolute Gasteiger partial charge is 0.462 e. The van der Waals surface area contributed by atoms with Crippen LogP contribution in [0.25, 0.3) is 0 Å². The summed E-state index contributed by atoms with van der Waals surface area (Å²) in [6, 6.07) is 0. The lowest BCUT2D eigenvalue weighted by Gasteiger charge is -2.43. The van der Waals surface area contributed by atoms with E-state index in [1.54, 1.807) is 0 Å². The summed E-state index contributed by atoms with van der Waals surface area (Å²) in [6.45, 7) is 3.01. The van der Waals surface area contributed by atoms with Gasteiger partial charge in [0.15, 0.2) is 6.10 Å². The van der Waals surface area contributed by atoms with E-state index in [1.165, 1.54) is 38.5 Å². The maximum Gasteiger partial charge on any atom is 0.472 e. The predicted octanol–water partition coefficient (Wildman–Crippen LogP) is 8.83. The van der Waals surface area contributed by atoms with Crippen LogP contribution in [0.4, 0.5) is 0 Å². The Morgan fingerprint density at radius 3 is 1.62 bits per heavy atom. The molecule has 68 heavy (non-hydrogen) atoms. The molecular formula is C49H84O17P2. The Balaban J connectivity index is 1.79. The predicted molar refractivity (Wildman–Crippen MR) is 259 cm³/mol. The molecule has 1 heterocycles. The summed E-state index contributed by atoms with van der Waals surface area (Å²) in [7, 11) is -10.7. The molecule has 17 nitrogen and oxygen atoms in total. The number of phosphoric acid groups is 2. The molecule has 10 atom stereocenters. The molecule has 19 heteroatoms. The van der Waals surface area contributed by atoms with Crippen LogP contribution >= 0.6 is 15.6 Å². The van der Waals surface area contributed by atoms with E-state index in [4.69, 9.17) is 23.3 Å². The van der Waals surface area contributed by atoms with Gasteiger partial charge in [-0.1, -0.05) is 132 Å². The van der Waals surface area contributed by atoms with Gasteiger partial charge in [0, 0.05) is 12.8 Å². The quantitative estimate of drug-likeness (QED) is 0.00993. The first-order chi connectivity index (χ1) is 32.6. The van der Waals surface area contributed by atoms with Gasteiger partial charge < -0.3 is 49.3 Å². The number of carbonyl (C=O) groups excluding carboxylic acids is 2. The van der Waals surface area contributed by atoms with Crippen molar-refractivity contribution in [3.05, 3.63) is 60.8 Å². The van der Waals surface area contributed by atoms with Crippen LogP contribution in [0.3, 0.4) is 0 Å². The summed E-state index contributed by atoms with van der Waals surface area (Å²) >= 11 is 0. The van der Waals surface area contributed by atoms with Crippen molar-refractivity contribution < 1.29 is 81.6 Å². The maximum absolute atomic E-state index is 13.0. The Labute approximate surface area is 404 Å². The van der Waals surface area contributed by atoms with Gasteiger partial charge in [-0.05, 0) is 83.5 Å². The van der Waals surface area contributed by atoms with Crippen LogP contribution in [0.5, 0.6) is 0 Å². The Morgan fingerprint density at radius 1 is 0.544 bits per heavy atom. The van der Waals surface area contributed by atoms with Gasteiger partial charge in [0.25, 0.3) is 0 Å². The molecule has 392 valence electrons. The fourth-order valence-corrected chi connectivity index (χ4v) is 9.02. The number of rotatable bonds is 40. The average molecular weight is 1010 g/mol. The van der Waals surface area contributed by atoms with Crippen molar-refractivity contribution in [1.82, 2.24) is 0 Å². The van der Waals surface area contributed by atoms with E-state index >= 15 is 0 Å². The molecule has 0 radical (unpaired) electrons. The van der Waals surface area contributed by atoms with Crippen LogP contribution in [0.1, 0.15) is 168 Å². The van der Waals surface area contributed by atoms with Crippen molar-refractivity contribution in [2.45, 2.75) is 223 Å². The van der Waals surface area contributed by atoms with Gasteiger partial charge in [0.05, 0.1) is 18.8 Å². The third-order valence-corrected chi connectivity index (χ3v) is 13.0. The minimum absolute atomic E-state index is 0.0134. The van der Waals surface area contributed by atoms with Crippen molar-refractivity contribution in [3.8, 4) is 0 Å². The summed E-state index contributed by atoms with van der Waals surface area (Å²) in [5.41, 5.74) is 0. The Morgan fingerprint density at radius 2 is 1.03 bits per heavy atom. The second-order valence-corrected chi connectivity index (χ2v) is 20.2. The van der Waals surface area contributed by atoms with E-state index in [9.17, 15) is 53.8 Å². The molecule has 2 fully saturated rings. The fourth-order valence-electron chi connectivity index (χ4n) is 7.49. The number of aliphatic hydroxyl groups excluding tert-OH is 4. The fraction of sp³-hybridized carbons (Fsp3) is 0.755. The number of ether oxygens (including phenoxy) is 3. The summed E-state index contributed by atoms with van der Waals surface area (Å²) in [4.78, 5) is 54.4. The first-order valence-electron chi connectivity index (χ1n) is 25.0. The van der Waals surface area contributed by atoms with Crippen molar-refractivity contribution >= 4 is 27.6 Å². The molecule has 1 aliphatic heterocycles. The largest absolute Gasteiger partial charge is 0.472 e. The summed E-state index contributed by atoms with van der Waals surface area (Å²) < 4.78 is 55.1. The number of phosphoric ester groups is 2. The minimum atomic E-state index is -5.37. The number of epoxide rings is 1. The van der Waals surface area contributed by atoms with Gasteiger partial charge in [-0.2, -0.15) is 0 Å². The van der Waals surface area contributed by atoms with Crippen molar-refractivity contribution in [2.75, 3.05) is 13.2 Å². The molecule has 0 aromatic heterocycles. The molecule has 1 aliphatic carbocycles. The van der Waals surface area contributed by atoms with E-state index in [2.05, 4.69) is 79.1 Å². The first kappa shape index (κ1) is 61.8. The van der Waals surface area contributed by atoms with E-state index in [0.29, 0.717) is 25.0 Å². The number of esters is 2. The highest BCUT2D eigenvalue weighted by atomic mass is 31.2. The highest BCUT2D eigenvalue weighted by molar-refractivity contribution is 7.47. The molecular weight excluding hydrogens is 922 g/mol. The van der Waals surface area contributed by atoms with Gasteiger partial charge in [0.2, 0.25) is 0 Å². The molecule has 0 spiro atoms. The van der Waals surface area contributed by atoms with Gasteiger partial charge in [-0.15, -0.1) is 0 Å². The molecule has 0 aromatic rings. The summed E-state index contributed by atoms with van der Waals surface area (Å²) in [5, 5.41) is 41.3. The van der Waals surface area contributed by atoms with Crippen LogP contribution in [0, 0.1) is 0 Å². The number of allylic oxidation sites excluding steroid dienone is 9. The number of unbranched alkanes of at least 4 members (excludes halogenated alkanes) is 13. The van der Waals surface area contributed by atoms with E-state index in [0.717, 1.165) is 89.9 Å². The lowest BCUT2D eigenvalue weighted by Crippen LogP contribution is -2.64. The third kappa shape index (κ3) is 29.8. The van der Waals surface area contributed by atoms with Crippen molar-refractivity contribution in [3.63, 3.8) is 0 Å². The molecule has 0 bridgehead atoms. The topological polar surface area (TPSA) is 269 Å². The maximum atomic E-state index is 13.0. The lowest BCUT2D eigenvalue weighted by atomic mass is 9.85. The number of hydrogen-bond donors (Lipinski definition) is 7. The van der Waals surface area contributed by atoms with Crippen LogP contribution in [-0.4, -0.2) is 115 Å². The van der Waals surface area contributed by atoms with Crippen LogP contribution in [-0.2, 0) is 46.5 Å². The number of carbonyl (C=O) groups is 2. The zero-order chi connectivity index (χ0) is 50.0. The number of hydrogen-bond acceptors (Lipinski definition) is 14. The lowest BCUT2D eigenvalue weighted by molar-refractivity contribution is -0.216. The van der Waals surface area contributed by atoms with E-state index in [-0.39, 0.29) is 12.8 Å². The van der Waals surface area contributed by atoms with Crippen LogP contribution in [0.15, 0.2) is 60.8 Å². The van der Waals surface area contributed by atoms with Gasteiger partial charge >= 0.3 is 27.6 Å². The van der Waals surface area contributed by atoms with Crippen molar-refractivity contribution in [2.24, 2.45) is 0 Å². The monoisotopic (exact) mass is 1010 g/mol. The molecule has 1 saturated heterocycles. The highest BCUT2D eigenvalue weighted by Crippen LogP contribution is 2.49. The molecule has 2 rings (SSSR count). The van der Waals surface area contributed by atoms with Crippen molar-refractivity contribution in [1.29, 1.82) is 0 Å². The molecule has 1 saturated carbocycles. The van der Waals surface area contributed by atoms with Gasteiger partial charge in [-0.25, -0.2) is 9.13 Å². The first-order valence-corrected chi connectivity index (χ1v) is 28.0. The van der Waals surface area contributed by atoms with E-state index < -0.39 is 83.5 Å². The second-order valence-electron chi connectivity index (χ2n) is 17.6. The van der Waals surface area contributed by atoms with Gasteiger partial charge in [-0.3, -0.25) is 23.2 Å². The molecule has 0 aromatic carbocycles. The third-order valence-electron chi connectivity index (χ3n) is 11.5. The zero-order valence-electron chi connectivity index (χ0n) is 40.5. The Hall–Kier alpha value is -2.34. The Bertz CT molecular complexity index is 1610. The highest BCUT2D eigenvalue weighted by Gasteiger charge is 2.54. The van der Waals surface area contributed by atoms with E-state index in [1.807, 2.05) is 0 Å². The normalized spacial score (nSPS) is 24.7. The minimum Gasteiger partial charge on any atom is -0.462 e. The number of aliphatic hydroxyl groups is 4. The van der Waals surface area contributed by atoms with Crippen LogP contribution < -0.4 is 0 Å². The standard InChI is InChI=1S/C49H84O17P2/c1-3-5-7-8-9-10-11-12-13-14-15-16-17-18-19-20-24-27-31-35-42(50)61-37-39(38-62-68(59,60)66-49-46(54)44(52)45(53)48(47(49)55)65-67(56,57)58)63-43(51)36-32-28-25-22-21-23-26-30-34-41-40(64-41)33-29-6-4-2/h9-10,12-13,15-16,18-19,26,30,39-41,44-49,52-55H,3-8,11,14,17,20-25,27-29,31-38H2,1-2H3,(H,59,60)(H2,56,57,58)/b10-9-,13-12-,16-15-,19-18-,30-26-/t39-,40?,41?,44?,45?,46?,47?,48-,49+/m1/s1. The molecule has 2 aliphatic rings. The average Bonchev–Trinajstić information content (AvgIpc) is 4.05. The molecule has 0 amide bonds. The van der Waals surface area contributed by atoms with Crippen LogP contribution in [0.2, 0.25) is 0 Å².